The van der Waals surface area contributed by atoms with Gasteiger partial charge in [0.25, 0.3) is 5.91 Å². The third-order valence-electron chi connectivity index (χ3n) is 6.10. The second-order valence-electron chi connectivity index (χ2n) is 8.30. The molecule has 0 spiro atoms. The molecule has 3 aromatic carbocycles. The first-order valence-electron chi connectivity index (χ1n) is 11.0. The molecule has 1 fully saturated rings. The number of nitrogens with zero attached hydrogens (tertiary/aromatic N) is 2. The molecule has 0 unspecified atom stereocenters. The third-order valence-corrected chi connectivity index (χ3v) is 8.02. The Morgan fingerprint density at radius 3 is 2.32 bits per heavy atom. The number of nitrogens with one attached hydrogen (secondary N) is 2. The highest BCUT2D eigenvalue weighted by molar-refractivity contribution is 7.89. The minimum Gasteiger partial charge on any atom is -0.342 e. The van der Waals surface area contributed by atoms with Crippen molar-refractivity contribution in [3.63, 3.8) is 0 Å². The van der Waals surface area contributed by atoms with Gasteiger partial charge in [0.1, 0.15) is 11.6 Å². The molecule has 1 aromatic heterocycles. The lowest BCUT2D eigenvalue weighted by molar-refractivity contribution is 0.102. The molecule has 0 saturated carbocycles. The van der Waals surface area contributed by atoms with Crippen LogP contribution in [0.5, 0.6) is 0 Å². The molecule has 5 rings (SSSR count). The van der Waals surface area contributed by atoms with Gasteiger partial charge >= 0.3 is 0 Å². The number of aromatic amines is 1. The van der Waals surface area contributed by atoms with Gasteiger partial charge in [-0.25, -0.2) is 17.8 Å². The molecule has 9 heteroatoms. The maximum Gasteiger partial charge on any atom is 0.255 e. The number of anilines is 1. The zero-order valence-electron chi connectivity index (χ0n) is 18.2. The van der Waals surface area contributed by atoms with Gasteiger partial charge in [-0.1, -0.05) is 12.1 Å². The number of hydrogen-bond acceptors (Lipinski definition) is 4. The van der Waals surface area contributed by atoms with Crippen LogP contribution in [0.3, 0.4) is 0 Å². The van der Waals surface area contributed by atoms with E-state index in [1.807, 2.05) is 24.3 Å². The van der Waals surface area contributed by atoms with Crippen LogP contribution < -0.4 is 5.32 Å². The Morgan fingerprint density at radius 1 is 0.971 bits per heavy atom. The Hall–Kier alpha value is -3.56. The smallest absolute Gasteiger partial charge is 0.255 e. The number of imidazole rings is 1. The lowest BCUT2D eigenvalue weighted by atomic mass is 9.97. The zero-order chi connectivity index (χ0) is 23.7. The molecular formula is C25H23FN4O3S. The molecule has 2 heterocycles. The Morgan fingerprint density at radius 2 is 1.65 bits per heavy atom. The maximum absolute atomic E-state index is 13.1. The molecule has 1 saturated heterocycles. The molecule has 0 aliphatic carbocycles. The lowest BCUT2D eigenvalue weighted by Crippen LogP contribution is -2.38. The van der Waals surface area contributed by atoms with E-state index in [0.29, 0.717) is 37.2 Å². The fourth-order valence-corrected chi connectivity index (χ4v) is 5.67. The number of carbonyl (C=O) groups is 1. The average Bonchev–Trinajstić information content (AvgIpc) is 3.29. The summed E-state index contributed by atoms with van der Waals surface area (Å²) in [4.78, 5) is 20.5. The summed E-state index contributed by atoms with van der Waals surface area (Å²) < 4.78 is 40.8. The predicted molar refractivity (Wildman–Crippen MR) is 128 cm³/mol. The number of rotatable bonds is 5. The van der Waals surface area contributed by atoms with Crippen LogP contribution >= 0.6 is 0 Å². The summed E-state index contributed by atoms with van der Waals surface area (Å²) in [5, 5.41) is 2.69. The normalized spacial score (nSPS) is 15.4. The first-order valence-corrected chi connectivity index (χ1v) is 12.5. The summed E-state index contributed by atoms with van der Waals surface area (Å²) in [5.74, 6) is 0.262. The second kappa shape index (κ2) is 9.00. The van der Waals surface area contributed by atoms with Gasteiger partial charge in [0.15, 0.2) is 0 Å². The highest BCUT2D eigenvalue weighted by Gasteiger charge is 2.31. The number of aromatic nitrogens is 2. The minimum absolute atomic E-state index is 0.175. The standard InChI is InChI=1S/C25H23FN4O3S/c26-19-7-5-18(6-8-19)25(31)27-20-9-11-21(12-10-20)34(32,33)30-15-13-17(14-16-30)24-28-22-3-1-2-4-23(22)29-24/h1-12,17H,13-16H2,(H,27,31)(H,28,29). The number of fused-ring (bicyclic) bond motifs is 1. The number of sulfonamides is 1. The van der Waals surface area contributed by atoms with Crippen molar-refractivity contribution in [3.05, 3.63) is 90.0 Å². The van der Waals surface area contributed by atoms with Crippen molar-refractivity contribution in [2.45, 2.75) is 23.7 Å². The molecule has 34 heavy (non-hydrogen) atoms. The molecular weight excluding hydrogens is 455 g/mol. The minimum atomic E-state index is -3.65. The summed E-state index contributed by atoms with van der Waals surface area (Å²) in [7, 11) is -3.65. The molecule has 2 N–H and O–H groups in total. The van der Waals surface area contributed by atoms with Crippen molar-refractivity contribution in [3.8, 4) is 0 Å². The Kier molecular flexibility index (Phi) is 5.89. The summed E-state index contributed by atoms with van der Waals surface area (Å²) in [5.41, 5.74) is 2.67. The van der Waals surface area contributed by atoms with E-state index in [1.54, 1.807) is 12.1 Å². The van der Waals surface area contributed by atoms with Gasteiger partial charge in [-0.2, -0.15) is 4.31 Å². The van der Waals surface area contributed by atoms with Crippen LogP contribution in [0.2, 0.25) is 0 Å². The van der Waals surface area contributed by atoms with E-state index in [4.69, 9.17) is 0 Å². The van der Waals surface area contributed by atoms with Crippen molar-refractivity contribution >= 4 is 32.7 Å². The molecule has 1 amide bonds. The first kappa shape index (κ1) is 22.2. The van der Waals surface area contributed by atoms with Crippen LogP contribution in [-0.4, -0.2) is 41.7 Å². The molecule has 0 bridgehead atoms. The number of halogens is 1. The highest BCUT2D eigenvalue weighted by atomic mass is 32.2. The average molecular weight is 479 g/mol. The molecule has 1 aliphatic heterocycles. The number of piperidine rings is 1. The molecule has 1 aliphatic rings. The topological polar surface area (TPSA) is 95.2 Å². The van der Waals surface area contributed by atoms with Crippen molar-refractivity contribution in [1.29, 1.82) is 0 Å². The first-order chi connectivity index (χ1) is 16.4. The van der Waals surface area contributed by atoms with Gasteiger partial charge in [-0.3, -0.25) is 4.79 Å². The third kappa shape index (κ3) is 4.44. The van der Waals surface area contributed by atoms with Crippen LogP contribution in [0.25, 0.3) is 11.0 Å². The summed E-state index contributed by atoms with van der Waals surface area (Å²) >= 11 is 0. The van der Waals surface area contributed by atoms with E-state index < -0.39 is 21.7 Å². The van der Waals surface area contributed by atoms with Gasteiger partial charge in [0, 0.05) is 30.3 Å². The monoisotopic (exact) mass is 478 g/mol. The summed E-state index contributed by atoms with van der Waals surface area (Å²) in [6, 6.07) is 19.1. The molecule has 174 valence electrons. The van der Waals surface area contributed by atoms with E-state index in [2.05, 4.69) is 15.3 Å². The van der Waals surface area contributed by atoms with Crippen LogP contribution in [0.1, 0.15) is 34.9 Å². The van der Waals surface area contributed by atoms with Crippen LogP contribution in [-0.2, 0) is 10.0 Å². The van der Waals surface area contributed by atoms with Gasteiger partial charge in [0.05, 0.1) is 15.9 Å². The van der Waals surface area contributed by atoms with Crippen molar-refractivity contribution in [2.75, 3.05) is 18.4 Å². The number of H-pyrrole nitrogens is 1. The van der Waals surface area contributed by atoms with Gasteiger partial charge in [0.2, 0.25) is 10.0 Å². The lowest BCUT2D eigenvalue weighted by Gasteiger charge is -2.30. The summed E-state index contributed by atoms with van der Waals surface area (Å²) in [6.45, 7) is 0.820. The number of carbonyl (C=O) groups excluding carboxylic acids is 1. The van der Waals surface area contributed by atoms with Crippen LogP contribution in [0.15, 0.2) is 77.7 Å². The highest BCUT2D eigenvalue weighted by Crippen LogP contribution is 2.30. The van der Waals surface area contributed by atoms with E-state index >= 15 is 0 Å². The quantitative estimate of drug-likeness (QED) is 0.441. The van der Waals surface area contributed by atoms with Crippen LogP contribution in [0.4, 0.5) is 10.1 Å². The SMILES string of the molecule is O=C(Nc1ccc(S(=O)(=O)N2CCC(c3nc4ccccc4[nH]3)CC2)cc1)c1ccc(F)cc1. The van der Waals surface area contributed by atoms with Crippen molar-refractivity contribution in [2.24, 2.45) is 0 Å². The van der Waals surface area contributed by atoms with Crippen molar-refractivity contribution in [1.82, 2.24) is 14.3 Å². The van der Waals surface area contributed by atoms with E-state index in [9.17, 15) is 17.6 Å². The second-order valence-corrected chi connectivity index (χ2v) is 10.2. The Labute approximate surface area is 196 Å². The van der Waals surface area contributed by atoms with E-state index in [-0.39, 0.29) is 10.8 Å². The fraction of sp³-hybridized carbons (Fsp3) is 0.200. The van der Waals surface area contributed by atoms with E-state index in [0.717, 1.165) is 16.9 Å². The van der Waals surface area contributed by atoms with Gasteiger partial charge in [-0.05, 0) is 73.5 Å². The van der Waals surface area contributed by atoms with Crippen molar-refractivity contribution < 1.29 is 17.6 Å². The predicted octanol–water partition coefficient (Wildman–Crippen LogP) is 4.52. The molecule has 0 atom stereocenters. The number of hydrogen-bond donors (Lipinski definition) is 2. The molecule has 0 radical (unpaired) electrons. The maximum atomic E-state index is 13.1. The Balaban J connectivity index is 1.23. The summed E-state index contributed by atoms with van der Waals surface area (Å²) in [6.07, 6.45) is 1.37. The largest absolute Gasteiger partial charge is 0.342 e. The fourth-order valence-electron chi connectivity index (χ4n) is 4.20. The van der Waals surface area contributed by atoms with Crippen LogP contribution in [0, 0.1) is 5.82 Å². The zero-order valence-corrected chi connectivity index (χ0v) is 19.1. The Bertz CT molecular complexity index is 1390. The number of amides is 1. The van der Waals surface area contributed by atoms with E-state index in [1.165, 1.54) is 40.7 Å². The van der Waals surface area contributed by atoms with Gasteiger partial charge < -0.3 is 10.3 Å². The number of para-hydroxylation sites is 2. The molecule has 4 aromatic rings. The number of benzene rings is 3. The van der Waals surface area contributed by atoms with Gasteiger partial charge in [-0.15, -0.1) is 0 Å². The molecule has 7 nitrogen and oxygen atoms in total.